The number of aromatic amines is 1. The van der Waals surface area contributed by atoms with Gasteiger partial charge < -0.3 is 20.1 Å². The highest BCUT2D eigenvalue weighted by molar-refractivity contribution is 5.98. The van der Waals surface area contributed by atoms with E-state index in [0.29, 0.717) is 41.7 Å². The second-order valence-electron chi connectivity index (χ2n) is 11.0. The Labute approximate surface area is 239 Å². The lowest BCUT2D eigenvalue weighted by Crippen LogP contribution is -2.30. The predicted octanol–water partition coefficient (Wildman–Crippen LogP) is 5.61. The van der Waals surface area contributed by atoms with Crippen LogP contribution in [-0.2, 0) is 6.54 Å². The minimum Gasteiger partial charge on any atom is -0.511 e. The van der Waals surface area contributed by atoms with E-state index in [1.807, 2.05) is 43.3 Å². The quantitative estimate of drug-likeness (QED) is 0.264. The van der Waals surface area contributed by atoms with Crippen LogP contribution in [0.25, 0.3) is 22.2 Å². The Balaban J connectivity index is 1.15. The Kier molecular flexibility index (Phi) is 7.57. The molecule has 1 fully saturated rings. The Morgan fingerprint density at radius 3 is 2.85 bits per heavy atom. The van der Waals surface area contributed by atoms with E-state index in [1.165, 1.54) is 5.56 Å². The highest BCUT2D eigenvalue weighted by Crippen LogP contribution is 2.39. The summed E-state index contributed by atoms with van der Waals surface area (Å²) in [5.41, 5.74) is 5.93. The fraction of sp³-hybridized carbons (Fsp3) is 0.303. The first-order valence-electron chi connectivity index (χ1n) is 14.2. The van der Waals surface area contributed by atoms with Gasteiger partial charge in [-0.25, -0.2) is 9.97 Å². The van der Waals surface area contributed by atoms with Crippen molar-refractivity contribution < 1.29 is 14.6 Å². The molecule has 6 rings (SSSR count). The molecule has 0 radical (unpaired) electrons. The molecule has 210 valence electrons. The number of hydrogen-bond acceptors (Lipinski definition) is 6. The number of H-pyrrole nitrogens is 1. The van der Waals surface area contributed by atoms with Crippen LogP contribution < -0.4 is 10.1 Å². The molecule has 1 saturated heterocycles. The number of nitrogens with zero attached hydrogens (tertiary/aromatic N) is 3. The molecule has 0 bridgehead atoms. The summed E-state index contributed by atoms with van der Waals surface area (Å²) in [6.07, 6.45) is 5.38. The van der Waals surface area contributed by atoms with Gasteiger partial charge in [-0.15, -0.1) is 0 Å². The molecule has 8 heteroatoms. The van der Waals surface area contributed by atoms with E-state index in [2.05, 4.69) is 44.5 Å². The molecule has 8 nitrogen and oxygen atoms in total. The van der Waals surface area contributed by atoms with Crippen LogP contribution >= 0.6 is 0 Å². The van der Waals surface area contributed by atoms with Crippen molar-refractivity contribution in [3.05, 3.63) is 101 Å². The first kappa shape index (κ1) is 26.8. The van der Waals surface area contributed by atoms with Crippen molar-refractivity contribution in [2.24, 2.45) is 11.8 Å². The van der Waals surface area contributed by atoms with E-state index in [1.54, 1.807) is 19.4 Å². The van der Waals surface area contributed by atoms with E-state index in [4.69, 9.17) is 9.72 Å². The summed E-state index contributed by atoms with van der Waals surface area (Å²) in [4.78, 5) is 27.9. The van der Waals surface area contributed by atoms with Crippen molar-refractivity contribution in [3.8, 4) is 5.88 Å². The molecular weight excluding hydrogens is 514 g/mol. The van der Waals surface area contributed by atoms with Crippen LogP contribution in [0.2, 0.25) is 0 Å². The van der Waals surface area contributed by atoms with Crippen LogP contribution in [0.5, 0.6) is 5.88 Å². The number of carbonyl (C=O) groups is 1. The number of nitrogens with one attached hydrogen (secondary N) is 2. The highest BCUT2D eigenvalue weighted by Gasteiger charge is 2.26. The van der Waals surface area contributed by atoms with Crippen molar-refractivity contribution in [2.45, 2.75) is 26.3 Å². The monoisotopic (exact) mass is 549 g/mol. The van der Waals surface area contributed by atoms with Gasteiger partial charge in [0.15, 0.2) is 0 Å². The Morgan fingerprint density at radius 1 is 1.17 bits per heavy atom. The number of pyridine rings is 1. The first-order valence-corrected chi connectivity index (χ1v) is 14.2. The lowest BCUT2D eigenvalue weighted by molar-refractivity contribution is 0.0947. The zero-order chi connectivity index (χ0) is 28.3. The second kappa shape index (κ2) is 11.6. The van der Waals surface area contributed by atoms with Gasteiger partial charge in [0.2, 0.25) is 5.88 Å². The van der Waals surface area contributed by atoms with Gasteiger partial charge in [0.1, 0.15) is 11.6 Å². The smallest absolute Gasteiger partial charge is 0.251 e. The Bertz CT molecular complexity index is 1620. The average Bonchev–Trinajstić information content (AvgIpc) is 3.64. The fourth-order valence-electron chi connectivity index (χ4n) is 5.86. The summed E-state index contributed by atoms with van der Waals surface area (Å²) in [5, 5.41) is 14.1. The number of hydrogen-bond donors (Lipinski definition) is 3. The number of benzene rings is 2. The minimum absolute atomic E-state index is 0.0937. The van der Waals surface area contributed by atoms with Gasteiger partial charge in [0.25, 0.3) is 5.91 Å². The topological polar surface area (TPSA) is 103 Å². The van der Waals surface area contributed by atoms with Crippen LogP contribution in [0.4, 0.5) is 0 Å². The maximum absolute atomic E-state index is 13.0. The van der Waals surface area contributed by atoms with Crippen molar-refractivity contribution in [3.63, 3.8) is 0 Å². The van der Waals surface area contributed by atoms with E-state index in [9.17, 15) is 9.90 Å². The predicted molar refractivity (Wildman–Crippen MR) is 160 cm³/mol. The molecule has 0 spiro atoms. The average molecular weight is 550 g/mol. The standard InChI is InChI=1S/C33H35N5O3/c1-21-15-25(26-9-6-13-34-33(26)41-2)16-27(30(21)39)31-36-28-11-10-24(17-29(28)37-31)32(40)35-18-23-12-14-38(20-23)19-22-7-4-3-5-8-22/h3-11,13,16-17,21,23,39H,12,14-15,18-20H2,1-2H3,(H,35,40)(H,36,37). The first-order chi connectivity index (χ1) is 20.0. The molecule has 0 saturated carbocycles. The molecule has 41 heavy (non-hydrogen) atoms. The molecule has 2 aromatic heterocycles. The van der Waals surface area contributed by atoms with Gasteiger partial charge in [-0.3, -0.25) is 9.69 Å². The summed E-state index contributed by atoms with van der Waals surface area (Å²) in [5.74, 6) is 1.64. The highest BCUT2D eigenvalue weighted by atomic mass is 16.5. The largest absolute Gasteiger partial charge is 0.511 e. The molecule has 2 atom stereocenters. The molecule has 4 aromatic rings. The third-order valence-electron chi connectivity index (χ3n) is 8.07. The third kappa shape index (κ3) is 5.74. The Morgan fingerprint density at radius 2 is 2.02 bits per heavy atom. The number of methoxy groups -OCH3 is 1. The maximum Gasteiger partial charge on any atom is 0.251 e. The van der Waals surface area contributed by atoms with Gasteiger partial charge in [-0.2, -0.15) is 0 Å². The molecule has 2 unspecified atom stereocenters. The number of rotatable bonds is 8. The minimum atomic E-state index is -0.0938. The van der Waals surface area contributed by atoms with Gasteiger partial charge in [-0.1, -0.05) is 37.3 Å². The van der Waals surface area contributed by atoms with E-state index in [0.717, 1.165) is 48.2 Å². The zero-order valence-electron chi connectivity index (χ0n) is 23.4. The van der Waals surface area contributed by atoms with E-state index >= 15 is 0 Å². The normalized spacial score (nSPS) is 19.4. The molecule has 1 amide bonds. The second-order valence-corrected chi connectivity index (χ2v) is 11.0. The third-order valence-corrected chi connectivity index (χ3v) is 8.07. The summed E-state index contributed by atoms with van der Waals surface area (Å²) < 4.78 is 5.47. The van der Waals surface area contributed by atoms with Crippen LogP contribution in [0.1, 0.15) is 47.1 Å². The van der Waals surface area contributed by atoms with Crippen molar-refractivity contribution in [2.75, 3.05) is 26.7 Å². The summed E-state index contributed by atoms with van der Waals surface area (Å²) in [6, 6.07) is 19.8. The lowest BCUT2D eigenvalue weighted by atomic mass is 9.86. The number of ether oxygens (including phenoxy) is 1. The number of aromatic nitrogens is 3. The molecule has 3 heterocycles. The summed E-state index contributed by atoms with van der Waals surface area (Å²) in [7, 11) is 1.61. The number of fused-ring (bicyclic) bond motifs is 1. The van der Waals surface area contributed by atoms with E-state index in [-0.39, 0.29) is 17.6 Å². The fourth-order valence-corrected chi connectivity index (χ4v) is 5.86. The molecule has 1 aliphatic carbocycles. The lowest BCUT2D eigenvalue weighted by Gasteiger charge is -2.22. The molecular formula is C33H35N5O3. The maximum atomic E-state index is 13.0. The van der Waals surface area contributed by atoms with Gasteiger partial charge >= 0.3 is 0 Å². The van der Waals surface area contributed by atoms with Crippen LogP contribution in [0.15, 0.2) is 78.7 Å². The number of imidazole rings is 1. The number of amides is 1. The van der Waals surface area contributed by atoms with Gasteiger partial charge in [0, 0.05) is 42.9 Å². The van der Waals surface area contributed by atoms with Gasteiger partial charge in [0.05, 0.1) is 23.7 Å². The Hall–Kier alpha value is -4.43. The summed E-state index contributed by atoms with van der Waals surface area (Å²) >= 11 is 0. The van der Waals surface area contributed by atoms with Crippen LogP contribution in [-0.4, -0.2) is 57.6 Å². The molecule has 1 aliphatic heterocycles. The van der Waals surface area contributed by atoms with Crippen molar-refractivity contribution >= 4 is 28.1 Å². The van der Waals surface area contributed by atoms with Crippen molar-refractivity contribution in [1.82, 2.24) is 25.2 Å². The number of allylic oxidation sites excluding steroid dienone is 4. The molecule has 2 aromatic carbocycles. The number of aliphatic hydroxyl groups excluding tert-OH is 1. The summed E-state index contributed by atoms with van der Waals surface area (Å²) in [6.45, 7) is 5.61. The number of carbonyl (C=O) groups excluding carboxylic acids is 1. The van der Waals surface area contributed by atoms with Crippen LogP contribution in [0.3, 0.4) is 0 Å². The van der Waals surface area contributed by atoms with Gasteiger partial charge in [-0.05, 0) is 72.8 Å². The number of likely N-dealkylation sites (tertiary alicyclic amines) is 1. The SMILES string of the molecule is COc1ncccc1C1=CC(c2nc3ccc(C(=O)NCC4CCN(Cc5ccccc5)C4)cc3[nH]2)=C(O)C(C)C1. The zero-order valence-corrected chi connectivity index (χ0v) is 23.4. The van der Waals surface area contributed by atoms with Crippen LogP contribution in [0, 0.1) is 11.8 Å². The van der Waals surface area contributed by atoms with Crippen molar-refractivity contribution in [1.29, 1.82) is 0 Å². The molecule has 2 aliphatic rings. The van der Waals surface area contributed by atoms with E-state index < -0.39 is 0 Å². The molecule has 3 N–H and O–H groups in total. The number of aliphatic hydroxyl groups is 1.